The Balaban J connectivity index is 1.54. The van der Waals surface area contributed by atoms with Crippen LogP contribution in [0.15, 0.2) is 42.6 Å². The predicted molar refractivity (Wildman–Crippen MR) is 107 cm³/mol. The number of piperidine rings is 1. The molecule has 1 aliphatic rings. The van der Waals surface area contributed by atoms with Gasteiger partial charge in [0, 0.05) is 43.4 Å². The number of aryl methyl sites for hydroxylation is 1. The van der Waals surface area contributed by atoms with Gasteiger partial charge in [-0.1, -0.05) is 23.7 Å². The van der Waals surface area contributed by atoms with Crippen molar-refractivity contribution in [3.63, 3.8) is 0 Å². The second kappa shape index (κ2) is 7.24. The maximum atomic E-state index is 11.6. The smallest absolute Gasteiger partial charge is 0.222 e. The summed E-state index contributed by atoms with van der Waals surface area (Å²) >= 11 is 6.34. The zero-order chi connectivity index (χ0) is 19.0. The Hall–Kier alpha value is -2.53. The third-order valence-electron chi connectivity index (χ3n) is 5.16. The summed E-state index contributed by atoms with van der Waals surface area (Å²) in [6.07, 6.45) is 3.32. The number of carbonyl (C=O) groups excluding carboxylic acids is 1. The van der Waals surface area contributed by atoms with Gasteiger partial charge in [0.25, 0.3) is 0 Å². The van der Waals surface area contributed by atoms with Crippen LogP contribution in [-0.2, 0) is 11.8 Å². The van der Waals surface area contributed by atoms with Crippen LogP contribution in [0, 0.1) is 5.92 Å². The number of rotatable bonds is 4. The van der Waals surface area contributed by atoms with E-state index in [-0.39, 0.29) is 5.91 Å². The molecule has 0 spiro atoms. The normalized spacial score (nSPS) is 17.5. The summed E-state index contributed by atoms with van der Waals surface area (Å²) in [5.74, 6) is 1.31. The van der Waals surface area contributed by atoms with Crippen LogP contribution in [0.25, 0.3) is 22.0 Å². The monoisotopic (exact) mass is 383 g/mol. The van der Waals surface area contributed by atoms with Crippen molar-refractivity contribution >= 4 is 28.4 Å². The molecule has 0 radical (unpaired) electrons. The van der Waals surface area contributed by atoms with Crippen molar-refractivity contribution in [3.05, 3.63) is 47.6 Å². The molecule has 4 rings (SSSR count). The topological polar surface area (TPSA) is 47.4 Å². The van der Waals surface area contributed by atoms with Crippen LogP contribution < -0.4 is 4.74 Å². The molecule has 1 aliphatic heterocycles. The zero-order valence-electron chi connectivity index (χ0n) is 15.5. The van der Waals surface area contributed by atoms with E-state index >= 15 is 0 Å². The number of likely N-dealkylation sites (tertiary alicyclic amines) is 1. The second-order valence-corrected chi connectivity index (χ2v) is 7.64. The molecule has 1 atom stereocenters. The van der Waals surface area contributed by atoms with Crippen molar-refractivity contribution in [2.24, 2.45) is 13.0 Å². The van der Waals surface area contributed by atoms with Gasteiger partial charge in [0.05, 0.1) is 18.3 Å². The lowest BCUT2D eigenvalue weighted by molar-refractivity contribution is -0.133. The number of hydrogen-bond donors (Lipinski definition) is 0. The van der Waals surface area contributed by atoms with Gasteiger partial charge in [-0.3, -0.25) is 9.48 Å². The van der Waals surface area contributed by atoms with E-state index in [1.54, 1.807) is 4.90 Å². The Bertz CT molecular complexity index is 998. The molecule has 0 N–H and O–H groups in total. The number of benzene rings is 2. The molecule has 140 valence electrons. The average Bonchev–Trinajstić information content (AvgIpc) is 3.03. The minimum absolute atomic E-state index is 0.210. The predicted octanol–water partition coefficient (Wildman–Crippen LogP) is 4.14. The van der Waals surface area contributed by atoms with Gasteiger partial charge in [-0.25, -0.2) is 0 Å². The summed E-state index contributed by atoms with van der Waals surface area (Å²) < 4.78 is 7.89. The van der Waals surface area contributed by atoms with Crippen LogP contribution in [-0.4, -0.2) is 40.8 Å². The number of halogens is 1. The highest BCUT2D eigenvalue weighted by Gasteiger charge is 2.23. The Morgan fingerprint density at radius 3 is 2.85 bits per heavy atom. The van der Waals surface area contributed by atoms with Crippen LogP contribution in [0.5, 0.6) is 5.75 Å². The van der Waals surface area contributed by atoms with Crippen molar-refractivity contribution < 1.29 is 9.53 Å². The highest BCUT2D eigenvalue weighted by molar-refractivity contribution is 6.31. The fourth-order valence-corrected chi connectivity index (χ4v) is 3.81. The first-order valence-electron chi connectivity index (χ1n) is 9.09. The van der Waals surface area contributed by atoms with E-state index in [9.17, 15) is 4.79 Å². The first-order chi connectivity index (χ1) is 13.0. The highest BCUT2D eigenvalue weighted by atomic mass is 35.5. The Morgan fingerprint density at radius 2 is 2.04 bits per heavy atom. The summed E-state index contributed by atoms with van der Waals surface area (Å²) in [4.78, 5) is 13.4. The number of ether oxygens (including phenoxy) is 1. The number of carbonyl (C=O) groups is 1. The van der Waals surface area contributed by atoms with Gasteiger partial charge in [-0.2, -0.15) is 5.10 Å². The highest BCUT2D eigenvalue weighted by Crippen LogP contribution is 2.31. The Labute approximate surface area is 163 Å². The lowest BCUT2D eigenvalue weighted by Gasteiger charge is -2.29. The van der Waals surface area contributed by atoms with E-state index in [2.05, 4.69) is 23.3 Å². The molecule has 0 aliphatic carbocycles. The van der Waals surface area contributed by atoms with Gasteiger partial charge in [-0.15, -0.1) is 0 Å². The molecule has 5 nitrogen and oxygen atoms in total. The van der Waals surface area contributed by atoms with Gasteiger partial charge < -0.3 is 9.64 Å². The van der Waals surface area contributed by atoms with Gasteiger partial charge >= 0.3 is 0 Å². The Morgan fingerprint density at radius 1 is 1.19 bits per heavy atom. The summed E-state index contributed by atoms with van der Waals surface area (Å²) in [6, 6.07) is 12.0. The number of amides is 1. The molecule has 1 saturated heterocycles. The molecule has 27 heavy (non-hydrogen) atoms. The van der Waals surface area contributed by atoms with E-state index in [4.69, 9.17) is 16.3 Å². The van der Waals surface area contributed by atoms with Crippen LogP contribution in [0.1, 0.15) is 12.8 Å². The van der Waals surface area contributed by atoms with Gasteiger partial charge in [0.2, 0.25) is 5.91 Å². The molecule has 0 saturated carbocycles. The number of hydrogen-bond acceptors (Lipinski definition) is 3. The van der Waals surface area contributed by atoms with E-state index in [1.807, 2.05) is 43.2 Å². The standard InChI is InChI=1S/C21H22ClN3O2/c1-24-12-14(3-6-21(24)26)13-27-19-8-17(7-18(22)10-19)15-4-5-16-11-23-25(2)20(16)9-15/h4-5,7-11,14H,3,6,12-13H2,1-2H3. The minimum atomic E-state index is 0.210. The number of aromatic nitrogens is 2. The van der Waals surface area contributed by atoms with Crippen LogP contribution in [0.4, 0.5) is 0 Å². The second-order valence-electron chi connectivity index (χ2n) is 7.21. The number of nitrogens with zero attached hydrogens (tertiary/aromatic N) is 3. The van der Waals surface area contributed by atoms with Crippen LogP contribution in [0.3, 0.4) is 0 Å². The van der Waals surface area contributed by atoms with Crippen molar-refractivity contribution in [2.45, 2.75) is 12.8 Å². The van der Waals surface area contributed by atoms with Crippen molar-refractivity contribution in [3.8, 4) is 16.9 Å². The molecule has 0 bridgehead atoms. The zero-order valence-corrected chi connectivity index (χ0v) is 16.2. The quantitative estimate of drug-likeness (QED) is 0.680. The molecule has 2 aromatic carbocycles. The molecular formula is C21H22ClN3O2. The number of fused-ring (bicyclic) bond motifs is 1. The summed E-state index contributed by atoms with van der Waals surface area (Å²) in [7, 11) is 3.78. The Kier molecular flexibility index (Phi) is 4.79. The largest absolute Gasteiger partial charge is 0.493 e. The van der Waals surface area contributed by atoms with E-state index < -0.39 is 0 Å². The lowest BCUT2D eigenvalue weighted by atomic mass is 9.99. The summed E-state index contributed by atoms with van der Waals surface area (Å²) in [5.41, 5.74) is 3.16. The summed E-state index contributed by atoms with van der Waals surface area (Å²) in [5, 5.41) is 6.05. The molecule has 3 aromatic rings. The molecular weight excluding hydrogens is 362 g/mol. The third-order valence-corrected chi connectivity index (χ3v) is 5.38. The van der Waals surface area contributed by atoms with E-state index in [0.29, 0.717) is 24.0 Å². The maximum Gasteiger partial charge on any atom is 0.222 e. The molecule has 1 amide bonds. The molecule has 2 heterocycles. The van der Waals surface area contributed by atoms with Crippen LogP contribution >= 0.6 is 11.6 Å². The average molecular weight is 384 g/mol. The SMILES string of the molecule is CN1CC(COc2cc(Cl)cc(-c3ccc4cnn(C)c4c3)c2)CCC1=O. The molecule has 6 heteroatoms. The van der Waals surface area contributed by atoms with Gasteiger partial charge in [0.1, 0.15) is 5.75 Å². The fraction of sp³-hybridized carbons (Fsp3) is 0.333. The van der Waals surface area contributed by atoms with Crippen LogP contribution in [0.2, 0.25) is 5.02 Å². The first kappa shape index (κ1) is 17.9. The van der Waals surface area contributed by atoms with E-state index in [1.165, 1.54) is 0 Å². The van der Waals surface area contributed by atoms with Crippen molar-refractivity contribution in [2.75, 3.05) is 20.2 Å². The van der Waals surface area contributed by atoms with E-state index in [0.717, 1.165) is 40.7 Å². The third kappa shape index (κ3) is 3.78. The lowest BCUT2D eigenvalue weighted by Crippen LogP contribution is -2.38. The van der Waals surface area contributed by atoms with Crippen molar-refractivity contribution in [1.82, 2.24) is 14.7 Å². The fourth-order valence-electron chi connectivity index (χ4n) is 3.59. The maximum absolute atomic E-state index is 11.6. The van der Waals surface area contributed by atoms with Gasteiger partial charge in [0.15, 0.2) is 0 Å². The first-order valence-corrected chi connectivity index (χ1v) is 9.47. The summed E-state index contributed by atoms with van der Waals surface area (Å²) in [6.45, 7) is 1.32. The van der Waals surface area contributed by atoms with Crippen molar-refractivity contribution in [1.29, 1.82) is 0 Å². The molecule has 1 fully saturated rings. The minimum Gasteiger partial charge on any atom is -0.493 e. The molecule has 1 aromatic heterocycles. The molecule has 1 unspecified atom stereocenters. The van der Waals surface area contributed by atoms with Gasteiger partial charge in [-0.05, 0) is 41.8 Å².